The van der Waals surface area contributed by atoms with Crippen molar-refractivity contribution in [3.05, 3.63) is 39.4 Å². The van der Waals surface area contributed by atoms with Crippen LogP contribution in [0.4, 0.5) is 5.69 Å². The number of benzene rings is 1. The Balaban J connectivity index is 3.14. The lowest BCUT2D eigenvalue weighted by atomic mass is 10.1. The van der Waals surface area contributed by atoms with Gasteiger partial charge in [-0.05, 0) is 12.5 Å². The van der Waals surface area contributed by atoms with Gasteiger partial charge in [0.15, 0.2) is 0 Å². The van der Waals surface area contributed by atoms with E-state index in [1.54, 1.807) is 6.07 Å². The van der Waals surface area contributed by atoms with Gasteiger partial charge in [-0.2, -0.15) is 0 Å². The third kappa shape index (κ3) is 2.44. The van der Waals surface area contributed by atoms with Crippen LogP contribution in [-0.4, -0.2) is 14.4 Å². The first kappa shape index (κ1) is 10.5. The molecule has 0 saturated carbocycles. The number of nitrogens with zero attached hydrogens (tertiary/aromatic N) is 1. The lowest BCUT2D eigenvalue weighted by Crippen LogP contribution is -1.90. The highest BCUT2D eigenvalue weighted by Crippen LogP contribution is 2.16. The van der Waals surface area contributed by atoms with Crippen LogP contribution in [0.1, 0.15) is 11.1 Å². The zero-order valence-electron chi connectivity index (χ0n) is 8.00. The van der Waals surface area contributed by atoms with E-state index in [1.807, 2.05) is 13.5 Å². The molecule has 1 aromatic rings. The molecule has 0 aliphatic carbocycles. The Morgan fingerprint density at radius 1 is 1.50 bits per heavy atom. The van der Waals surface area contributed by atoms with Crippen LogP contribution >= 0.6 is 0 Å². The van der Waals surface area contributed by atoms with E-state index in [0.29, 0.717) is 9.52 Å². The molecule has 1 rings (SSSR count). The molecule has 0 spiro atoms. The van der Waals surface area contributed by atoms with Crippen molar-refractivity contribution in [1.82, 2.24) is 0 Å². The second kappa shape index (κ2) is 4.58. The molecule has 0 N–H and O–H groups in total. The smallest absolute Gasteiger partial charge is 0.258 e. The number of hydrogen-bond acceptors (Lipinski definition) is 2. The highest BCUT2D eigenvalue weighted by Gasteiger charge is 2.06. The van der Waals surface area contributed by atoms with Crippen molar-refractivity contribution in [2.24, 2.45) is 0 Å². The van der Waals surface area contributed by atoms with Crippen LogP contribution in [0.15, 0.2) is 18.2 Å². The third-order valence-corrected chi connectivity index (χ3v) is 2.13. The van der Waals surface area contributed by atoms with Gasteiger partial charge >= 0.3 is 0 Å². The molecule has 1 aromatic carbocycles. The van der Waals surface area contributed by atoms with E-state index < -0.39 is 4.92 Å². The normalized spacial score (nSPS) is 9.00. The van der Waals surface area contributed by atoms with Crippen LogP contribution in [0.25, 0.3) is 0 Å². The van der Waals surface area contributed by atoms with Gasteiger partial charge in [0.2, 0.25) is 0 Å². The number of aryl methyl sites for hydroxylation is 1. The predicted molar refractivity (Wildman–Crippen MR) is 56.3 cm³/mol. The van der Waals surface area contributed by atoms with Crippen LogP contribution in [0.3, 0.4) is 0 Å². The van der Waals surface area contributed by atoms with Crippen LogP contribution in [0.2, 0.25) is 6.55 Å². The summed E-state index contributed by atoms with van der Waals surface area (Å²) in [4.78, 5) is 10.1. The Kier molecular flexibility index (Phi) is 3.43. The molecule has 0 saturated heterocycles. The van der Waals surface area contributed by atoms with Gasteiger partial charge in [-0.15, -0.1) is 5.54 Å². The van der Waals surface area contributed by atoms with Gasteiger partial charge in [-0.25, -0.2) is 0 Å². The summed E-state index contributed by atoms with van der Waals surface area (Å²) >= 11 is 0. The second-order valence-corrected chi connectivity index (χ2v) is 3.51. The lowest BCUT2D eigenvalue weighted by Gasteiger charge is -1.97. The number of nitro groups is 1. The third-order valence-electron chi connectivity index (χ3n) is 1.75. The predicted octanol–water partition coefficient (Wildman–Crippen LogP) is 1.96. The van der Waals surface area contributed by atoms with Crippen molar-refractivity contribution in [3.8, 4) is 11.5 Å². The SMILES string of the molecule is C[Si]C#Cc1cc([N+](=O)[O-])ccc1C. The van der Waals surface area contributed by atoms with E-state index in [9.17, 15) is 10.1 Å². The van der Waals surface area contributed by atoms with Crippen LogP contribution in [-0.2, 0) is 0 Å². The molecule has 0 atom stereocenters. The Labute approximate surface area is 85.1 Å². The second-order valence-electron chi connectivity index (χ2n) is 2.76. The summed E-state index contributed by atoms with van der Waals surface area (Å²) in [6, 6.07) is 4.73. The first-order valence-electron chi connectivity index (χ1n) is 4.08. The van der Waals surface area contributed by atoms with Crippen molar-refractivity contribution in [2.45, 2.75) is 13.5 Å². The quantitative estimate of drug-likeness (QED) is 0.303. The fourth-order valence-corrected chi connectivity index (χ4v) is 1.25. The zero-order valence-corrected chi connectivity index (χ0v) is 9.00. The molecule has 70 valence electrons. The standard InChI is InChI=1S/C10H9NO2Si/c1-8-3-4-10(11(12)13)7-9(8)5-6-14-2/h3-4,7H,1-2H3. The Hall–Kier alpha value is -1.60. The van der Waals surface area contributed by atoms with Crippen molar-refractivity contribution in [1.29, 1.82) is 0 Å². The molecular formula is C10H9NO2Si. The molecule has 3 nitrogen and oxygen atoms in total. The maximum Gasteiger partial charge on any atom is 0.270 e. The number of non-ortho nitro benzene ring substituents is 1. The van der Waals surface area contributed by atoms with E-state index in [-0.39, 0.29) is 5.69 Å². The molecule has 0 bridgehead atoms. The fourth-order valence-electron chi connectivity index (χ4n) is 0.988. The molecule has 0 aromatic heterocycles. The van der Waals surface area contributed by atoms with E-state index >= 15 is 0 Å². The van der Waals surface area contributed by atoms with Gasteiger partial charge in [0.25, 0.3) is 5.69 Å². The molecule has 0 fully saturated rings. The molecule has 2 radical (unpaired) electrons. The minimum atomic E-state index is -0.404. The van der Waals surface area contributed by atoms with E-state index in [2.05, 4.69) is 11.5 Å². The van der Waals surface area contributed by atoms with Crippen molar-refractivity contribution < 1.29 is 4.92 Å². The first-order chi connectivity index (χ1) is 6.65. The molecule has 0 heterocycles. The van der Waals surface area contributed by atoms with Gasteiger partial charge in [-0.3, -0.25) is 10.1 Å². The minimum Gasteiger partial charge on any atom is -0.258 e. The average Bonchev–Trinajstić information content (AvgIpc) is 2.16. The van der Waals surface area contributed by atoms with Crippen molar-refractivity contribution in [3.63, 3.8) is 0 Å². The van der Waals surface area contributed by atoms with Gasteiger partial charge in [0.1, 0.15) is 9.52 Å². The summed E-state index contributed by atoms with van der Waals surface area (Å²) in [5.41, 5.74) is 4.74. The van der Waals surface area contributed by atoms with Gasteiger partial charge in [-0.1, -0.05) is 18.5 Å². The summed E-state index contributed by atoms with van der Waals surface area (Å²) in [6.45, 7) is 3.87. The number of nitro benzene ring substituents is 1. The monoisotopic (exact) mass is 203 g/mol. The lowest BCUT2D eigenvalue weighted by molar-refractivity contribution is -0.384. The summed E-state index contributed by atoms with van der Waals surface area (Å²) in [7, 11) is 0.540. The number of hydrogen-bond donors (Lipinski definition) is 0. The maximum absolute atomic E-state index is 10.5. The summed E-state index contributed by atoms with van der Waals surface area (Å²) in [6.07, 6.45) is 0. The van der Waals surface area contributed by atoms with Gasteiger partial charge in [0, 0.05) is 17.7 Å². The molecule has 0 amide bonds. The topological polar surface area (TPSA) is 43.1 Å². The molecule has 14 heavy (non-hydrogen) atoms. The van der Waals surface area contributed by atoms with E-state index in [1.165, 1.54) is 12.1 Å². The summed E-state index contributed by atoms with van der Waals surface area (Å²) < 4.78 is 0. The average molecular weight is 203 g/mol. The van der Waals surface area contributed by atoms with Crippen LogP contribution in [0, 0.1) is 28.5 Å². The molecular weight excluding hydrogens is 194 g/mol. The Morgan fingerprint density at radius 2 is 2.21 bits per heavy atom. The highest BCUT2D eigenvalue weighted by atomic mass is 28.2. The molecule has 0 aliphatic rings. The molecule has 0 aliphatic heterocycles. The largest absolute Gasteiger partial charge is 0.270 e. The Bertz CT molecular complexity index is 418. The Morgan fingerprint density at radius 3 is 2.79 bits per heavy atom. The first-order valence-corrected chi connectivity index (χ1v) is 5.58. The highest BCUT2D eigenvalue weighted by molar-refractivity contribution is 6.44. The molecule has 4 heteroatoms. The summed E-state index contributed by atoms with van der Waals surface area (Å²) in [5, 5.41) is 10.5. The summed E-state index contributed by atoms with van der Waals surface area (Å²) in [5.74, 6) is 2.92. The fraction of sp³-hybridized carbons (Fsp3) is 0.200. The van der Waals surface area contributed by atoms with Crippen LogP contribution < -0.4 is 0 Å². The minimum absolute atomic E-state index is 0.0966. The van der Waals surface area contributed by atoms with Gasteiger partial charge in [0.05, 0.1) is 4.92 Å². The number of rotatable bonds is 1. The van der Waals surface area contributed by atoms with Crippen molar-refractivity contribution in [2.75, 3.05) is 0 Å². The van der Waals surface area contributed by atoms with E-state index in [0.717, 1.165) is 11.1 Å². The molecule has 0 unspecified atom stereocenters. The van der Waals surface area contributed by atoms with Gasteiger partial charge < -0.3 is 0 Å². The zero-order chi connectivity index (χ0) is 10.6. The van der Waals surface area contributed by atoms with Crippen LogP contribution in [0.5, 0.6) is 0 Å². The van der Waals surface area contributed by atoms with E-state index in [4.69, 9.17) is 0 Å². The van der Waals surface area contributed by atoms with Crippen molar-refractivity contribution >= 4 is 15.2 Å². The maximum atomic E-state index is 10.5.